The number of rotatable bonds is 1. The zero-order valence-electron chi connectivity index (χ0n) is 16.1. The van der Waals surface area contributed by atoms with Crippen LogP contribution in [0.1, 0.15) is 32.0 Å². The van der Waals surface area contributed by atoms with Crippen molar-refractivity contribution in [3.8, 4) is 11.4 Å². The molecule has 1 amide bonds. The number of aromatic nitrogens is 4. The Labute approximate surface area is 172 Å². The Bertz CT molecular complexity index is 1080. The van der Waals surface area contributed by atoms with E-state index < -0.39 is 5.60 Å². The lowest BCUT2D eigenvalue weighted by Crippen LogP contribution is -2.39. The van der Waals surface area contributed by atoms with Gasteiger partial charge in [-0.25, -0.2) is 9.78 Å². The highest BCUT2D eigenvalue weighted by Crippen LogP contribution is 2.40. The largest absolute Gasteiger partial charge is 0.444 e. The van der Waals surface area contributed by atoms with Crippen molar-refractivity contribution in [3.63, 3.8) is 0 Å². The van der Waals surface area contributed by atoms with Gasteiger partial charge in [-0.05, 0) is 26.8 Å². The number of nitrogens with zero attached hydrogens (tertiary/aromatic N) is 4. The second-order valence-electron chi connectivity index (χ2n) is 7.92. The Morgan fingerprint density at radius 1 is 1.32 bits per heavy atom. The minimum absolute atomic E-state index is 0.220. The molecule has 1 N–H and O–H groups in total. The lowest BCUT2D eigenvalue weighted by molar-refractivity contribution is 0.0224. The number of hydrogen-bond donors (Lipinski definition) is 1. The zero-order valence-corrected chi connectivity index (χ0v) is 17.6. The molecule has 0 saturated carbocycles. The summed E-state index contributed by atoms with van der Waals surface area (Å²) in [5.41, 5.74) is 3.51. The van der Waals surface area contributed by atoms with Crippen molar-refractivity contribution in [2.75, 3.05) is 6.54 Å². The van der Waals surface area contributed by atoms with Crippen molar-refractivity contribution in [2.24, 2.45) is 7.05 Å². The Balaban J connectivity index is 1.83. The third kappa shape index (κ3) is 3.33. The number of pyridine rings is 1. The molecule has 7 nitrogen and oxygen atoms in total. The molecule has 4 heterocycles. The summed E-state index contributed by atoms with van der Waals surface area (Å²) in [7, 11) is 1.84. The molecule has 1 aliphatic rings. The summed E-state index contributed by atoms with van der Waals surface area (Å²) >= 11 is 12.7. The number of H-pyrrole nitrogens is 1. The zero-order chi connectivity index (χ0) is 20.2. The van der Waals surface area contributed by atoms with Crippen LogP contribution in [-0.4, -0.2) is 42.9 Å². The van der Waals surface area contributed by atoms with E-state index in [0.717, 1.165) is 22.2 Å². The van der Waals surface area contributed by atoms with Gasteiger partial charge in [0.25, 0.3) is 0 Å². The molecule has 0 spiro atoms. The number of aryl methyl sites for hydroxylation is 1. The molecule has 28 heavy (non-hydrogen) atoms. The third-order valence-corrected chi connectivity index (χ3v) is 5.37. The molecule has 1 aliphatic heterocycles. The van der Waals surface area contributed by atoms with E-state index in [9.17, 15) is 4.79 Å². The van der Waals surface area contributed by atoms with Crippen LogP contribution in [0.3, 0.4) is 0 Å². The van der Waals surface area contributed by atoms with Crippen LogP contribution in [0.4, 0.5) is 4.79 Å². The predicted octanol–water partition coefficient (Wildman–Crippen LogP) is 4.56. The van der Waals surface area contributed by atoms with Gasteiger partial charge in [0.15, 0.2) is 5.15 Å². The number of halogens is 2. The Hall–Kier alpha value is -2.25. The molecule has 0 saturated heterocycles. The lowest BCUT2D eigenvalue weighted by atomic mass is 10.0. The molecule has 0 fully saturated rings. The Morgan fingerprint density at radius 2 is 2.07 bits per heavy atom. The number of aromatic amines is 1. The van der Waals surface area contributed by atoms with Gasteiger partial charge in [-0.3, -0.25) is 4.68 Å². The number of carbonyl (C=O) groups excluding carboxylic acids is 1. The van der Waals surface area contributed by atoms with Crippen LogP contribution in [0.2, 0.25) is 10.2 Å². The first kappa shape index (κ1) is 19.1. The van der Waals surface area contributed by atoms with Gasteiger partial charge < -0.3 is 14.6 Å². The monoisotopic (exact) mass is 421 g/mol. The summed E-state index contributed by atoms with van der Waals surface area (Å²) in [5.74, 6) is 0. The van der Waals surface area contributed by atoms with Gasteiger partial charge in [0.05, 0.1) is 12.1 Å². The van der Waals surface area contributed by atoms with E-state index in [4.69, 9.17) is 27.9 Å². The van der Waals surface area contributed by atoms with Crippen LogP contribution in [0.5, 0.6) is 0 Å². The minimum Gasteiger partial charge on any atom is -0.444 e. The molecular formula is C19H21Cl2N5O2. The highest BCUT2D eigenvalue weighted by atomic mass is 35.5. The fraction of sp³-hybridized carbons (Fsp3) is 0.421. The number of fused-ring (bicyclic) bond motifs is 3. The summed E-state index contributed by atoms with van der Waals surface area (Å²) in [5, 5.41) is 5.90. The van der Waals surface area contributed by atoms with Crippen molar-refractivity contribution in [2.45, 2.75) is 39.3 Å². The molecule has 3 aromatic rings. The van der Waals surface area contributed by atoms with Crippen LogP contribution in [0.15, 0.2) is 12.3 Å². The van der Waals surface area contributed by atoms with Crippen molar-refractivity contribution in [1.82, 2.24) is 24.6 Å². The van der Waals surface area contributed by atoms with Gasteiger partial charge in [-0.2, -0.15) is 5.10 Å². The van der Waals surface area contributed by atoms with E-state index in [-0.39, 0.29) is 11.2 Å². The number of carbonyl (C=O) groups is 1. The van der Waals surface area contributed by atoms with E-state index in [1.807, 2.05) is 40.1 Å². The summed E-state index contributed by atoms with van der Waals surface area (Å²) in [6.45, 7) is 6.54. The van der Waals surface area contributed by atoms with Gasteiger partial charge in [0, 0.05) is 42.9 Å². The SMILES string of the molecule is Cn1ccc(-c2nc(Cl)c(Cl)c3[nH]c4c(c23)CN(C(=O)OC(C)(C)C)CC4)n1. The quantitative estimate of drug-likeness (QED) is 0.584. The molecule has 0 unspecified atom stereocenters. The summed E-state index contributed by atoms with van der Waals surface area (Å²) in [6.07, 6.45) is 2.18. The van der Waals surface area contributed by atoms with E-state index in [2.05, 4.69) is 15.1 Å². The number of nitrogens with one attached hydrogen (secondary N) is 1. The van der Waals surface area contributed by atoms with Crippen molar-refractivity contribution in [1.29, 1.82) is 0 Å². The normalized spacial score (nSPS) is 14.4. The second kappa shape index (κ2) is 6.67. The highest BCUT2D eigenvalue weighted by molar-refractivity contribution is 6.44. The van der Waals surface area contributed by atoms with E-state index in [1.165, 1.54) is 0 Å². The Morgan fingerprint density at radius 3 is 2.71 bits per heavy atom. The second-order valence-corrected chi connectivity index (χ2v) is 8.66. The van der Waals surface area contributed by atoms with Gasteiger partial charge >= 0.3 is 6.09 Å². The van der Waals surface area contributed by atoms with Crippen LogP contribution in [0, 0.1) is 0 Å². The average molecular weight is 422 g/mol. The van der Waals surface area contributed by atoms with E-state index >= 15 is 0 Å². The summed E-state index contributed by atoms with van der Waals surface area (Å²) in [4.78, 5) is 22.2. The molecule has 3 aromatic heterocycles. The van der Waals surface area contributed by atoms with Crippen molar-refractivity contribution >= 4 is 40.2 Å². The first-order chi connectivity index (χ1) is 13.1. The maximum absolute atomic E-state index is 12.6. The maximum Gasteiger partial charge on any atom is 0.410 e. The van der Waals surface area contributed by atoms with E-state index in [0.29, 0.717) is 35.9 Å². The molecule has 0 atom stereocenters. The highest BCUT2D eigenvalue weighted by Gasteiger charge is 2.30. The van der Waals surface area contributed by atoms with Gasteiger partial charge in [-0.15, -0.1) is 0 Å². The maximum atomic E-state index is 12.6. The summed E-state index contributed by atoms with van der Waals surface area (Å²) in [6, 6.07) is 1.87. The Kier molecular flexibility index (Phi) is 4.55. The van der Waals surface area contributed by atoms with Gasteiger partial charge in [0.2, 0.25) is 0 Å². The fourth-order valence-electron chi connectivity index (χ4n) is 3.44. The average Bonchev–Trinajstić information content (AvgIpc) is 3.20. The molecule has 0 aromatic carbocycles. The smallest absolute Gasteiger partial charge is 0.410 e. The van der Waals surface area contributed by atoms with Crippen molar-refractivity contribution in [3.05, 3.63) is 33.7 Å². The summed E-state index contributed by atoms with van der Waals surface area (Å²) < 4.78 is 7.25. The minimum atomic E-state index is -0.547. The number of amides is 1. The molecule has 4 rings (SSSR count). The molecule has 148 valence electrons. The first-order valence-electron chi connectivity index (χ1n) is 9.00. The number of hydrogen-bond acceptors (Lipinski definition) is 4. The topological polar surface area (TPSA) is 76.0 Å². The van der Waals surface area contributed by atoms with Crippen LogP contribution < -0.4 is 0 Å². The molecule has 0 bridgehead atoms. The molecular weight excluding hydrogens is 401 g/mol. The van der Waals surface area contributed by atoms with Gasteiger partial charge in [0.1, 0.15) is 22.0 Å². The van der Waals surface area contributed by atoms with Gasteiger partial charge in [-0.1, -0.05) is 23.2 Å². The van der Waals surface area contributed by atoms with E-state index in [1.54, 1.807) is 9.58 Å². The standard InChI is InChI=1S/C19H21Cl2N5O2/c1-19(2,3)28-18(27)26-8-6-11-10(9-26)13-15(12-5-7-25(4)24-12)23-17(21)14(20)16(13)22-11/h5,7,22H,6,8-9H2,1-4H3. The van der Waals surface area contributed by atoms with Crippen LogP contribution in [0.25, 0.3) is 22.3 Å². The molecule has 0 radical (unpaired) electrons. The third-order valence-electron chi connectivity index (χ3n) is 4.63. The number of ether oxygens (including phenoxy) is 1. The predicted molar refractivity (Wildman–Crippen MR) is 109 cm³/mol. The van der Waals surface area contributed by atoms with Crippen molar-refractivity contribution < 1.29 is 9.53 Å². The molecule has 0 aliphatic carbocycles. The lowest BCUT2D eigenvalue weighted by Gasteiger charge is -2.30. The van der Waals surface area contributed by atoms with Crippen LogP contribution in [-0.2, 0) is 24.8 Å². The molecule has 9 heteroatoms. The van der Waals surface area contributed by atoms with Crippen LogP contribution >= 0.6 is 23.2 Å². The fourth-order valence-corrected chi connectivity index (χ4v) is 3.80. The first-order valence-corrected chi connectivity index (χ1v) is 9.76.